The van der Waals surface area contributed by atoms with Gasteiger partial charge in [-0.25, -0.2) is 4.98 Å². The standard InChI is InChI=1S/C8H6N4O2.Na/c1-5-11-6(2-9)7(3-10)12(5)4-8(13)14;/h4H2,1H3,(H,13,14);/q;+1/p-1. The molecule has 0 N–H and O–H groups in total. The number of hydrogen-bond donors (Lipinski definition) is 0. The maximum absolute atomic E-state index is 10.3. The minimum absolute atomic E-state index is 0. The third kappa shape index (κ3) is 2.80. The third-order valence-corrected chi connectivity index (χ3v) is 1.66. The van der Waals surface area contributed by atoms with Crippen LogP contribution in [0.1, 0.15) is 17.2 Å². The first-order valence-electron chi connectivity index (χ1n) is 3.67. The molecule has 0 aromatic carbocycles. The Kier molecular flexibility index (Phi) is 5.03. The Hall–Kier alpha value is -1.34. The molecule has 1 aromatic rings. The predicted molar refractivity (Wildman–Crippen MR) is 41.4 cm³/mol. The van der Waals surface area contributed by atoms with Crippen LogP contribution in [-0.2, 0) is 11.3 Å². The molecule has 0 fully saturated rings. The number of aromatic nitrogens is 2. The minimum atomic E-state index is -1.33. The first-order valence-corrected chi connectivity index (χ1v) is 3.67. The second-order valence-electron chi connectivity index (χ2n) is 2.54. The monoisotopic (exact) mass is 212 g/mol. The van der Waals surface area contributed by atoms with Crippen LogP contribution in [-0.4, -0.2) is 15.5 Å². The number of aliphatic carboxylic acids is 1. The molecule has 1 heterocycles. The van der Waals surface area contributed by atoms with Gasteiger partial charge in [0, 0.05) is 0 Å². The molecule has 0 unspecified atom stereocenters. The molecule has 15 heavy (non-hydrogen) atoms. The second-order valence-corrected chi connectivity index (χ2v) is 2.54. The molecular formula is C8H5N4NaO2. The van der Waals surface area contributed by atoms with E-state index in [2.05, 4.69) is 4.98 Å². The van der Waals surface area contributed by atoms with Crippen LogP contribution in [0.5, 0.6) is 0 Å². The van der Waals surface area contributed by atoms with E-state index in [-0.39, 0.29) is 40.9 Å². The second kappa shape index (κ2) is 5.52. The number of carboxylic acids is 1. The maximum Gasteiger partial charge on any atom is 1.00 e. The van der Waals surface area contributed by atoms with Gasteiger partial charge in [-0.05, 0) is 6.92 Å². The van der Waals surface area contributed by atoms with Crippen molar-refractivity contribution in [2.45, 2.75) is 13.5 Å². The molecule has 0 saturated carbocycles. The summed E-state index contributed by atoms with van der Waals surface area (Å²) in [7, 11) is 0. The molecule has 0 aliphatic carbocycles. The summed E-state index contributed by atoms with van der Waals surface area (Å²) in [5.41, 5.74) is -0.111. The van der Waals surface area contributed by atoms with Crippen LogP contribution in [0.2, 0.25) is 0 Å². The van der Waals surface area contributed by atoms with Crippen LogP contribution in [0.25, 0.3) is 0 Å². The first-order chi connectivity index (χ1) is 6.60. The van der Waals surface area contributed by atoms with Crippen LogP contribution < -0.4 is 34.7 Å². The van der Waals surface area contributed by atoms with Gasteiger partial charge in [0.1, 0.15) is 18.0 Å². The number of carboxylic acid groups (broad SMARTS) is 1. The van der Waals surface area contributed by atoms with E-state index in [0.29, 0.717) is 5.82 Å². The zero-order valence-corrected chi connectivity index (χ0v) is 10.3. The van der Waals surface area contributed by atoms with Crippen LogP contribution >= 0.6 is 0 Å². The molecule has 0 radical (unpaired) electrons. The third-order valence-electron chi connectivity index (χ3n) is 1.66. The summed E-state index contributed by atoms with van der Waals surface area (Å²) >= 11 is 0. The Bertz CT molecular complexity index is 466. The fraction of sp³-hybridized carbons (Fsp3) is 0.250. The van der Waals surface area contributed by atoms with Gasteiger partial charge in [-0.1, -0.05) is 0 Å². The molecule has 0 bridgehead atoms. The number of rotatable bonds is 2. The molecule has 0 aliphatic heterocycles. The average molecular weight is 212 g/mol. The van der Waals surface area contributed by atoms with Crippen LogP contribution in [0, 0.1) is 29.6 Å². The van der Waals surface area contributed by atoms with Crippen molar-refractivity contribution in [3.63, 3.8) is 0 Å². The molecule has 7 heteroatoms. The largest absolute Gasteiger partial charge is 1.00 e. The van der Waals surface area contributed by atoms with Gasteiger partial charge in [0.2, 0.25) is 0 Å². The van der Waals surface area contributed by atoms with E-state index < -0.39 is 12.5 Å². The summed E-state index contributed by atoms with van der Waals surface area (Å²) < 4.78 is 1.13. The molecule has 0 saturated heterocycles. The van der Waals surface area contributed by atoms with E-state index in [1.165, 1.54) is 6.92 Å². The Morgan fingerprint density at radius 3 is 2.53 bits per heavy atom. The van der Waals surface area contributed by atoms with E-state index in [1.807, 2.05) is 0 Å². The fourth-order valence-corrected chi connectivity index (χ4v) is 1.08. The number of hydrogen-bond acceptors (Lipinski definition) is 5. The van der Waals surface area contributed by atoms with Gasteiger partial charge in [-0.15, -0.1) is 0 Å². The molecule has 0 atom stereocenters. The van der Waals surface area contributed by atoms with Crippen molar-refractivity contribution in [2.75, 3.05) is 0 Å². The van der Waals surface area contributed by atoms with E-state index in [1.54, 1.807) is 12.1 Å². The van der Waals surface area contributed by atoms with Gasteiger partial charge >= 0.3 is 29.6 Å². The summed E-state index contributed by atoms with van der Waals surface area (Å²) in [6.07, 6.45) is 0. The SMILES string of the molecule is Cc1nc(C#N)c(C#N)n1CC(=O)[O-].[Na+]. The van der Waals surface area contributed by atoms with Crippen molar-refractivity contribution < 1.29 is 39.5 Å². The Morgan fingerprint density at radius 2 is 2.13 bits per heavy atom. The van der Waals surface area contributed by atoms with Crippen molar-refractivity contribution in [1.82, 2.24) is 9.55 Å². The van der Waals surface area contributed by atoms with Gasteiger partial charge in [0.05, 0.1) is 12.5 Å². The molecule has 1 aromatic heterocycles. The van der Waals surface area contributed by atoms with Crippen molar-refractivity contribution in [3.8, 4) is 12.1 Å². The van der Waals surface area contributed by atoms with Gasteiger partial charge in [-0.3, -0.25) is 0 Å². The summed E-state index contributed by atoms with van der Waals surface area (Å²) in [6.45, 7) is 1.05. The van der Waals surface area contributed by atoms with Gasteiger partial charge in [0.25, 0.3) is 0 Å². The fourth-order valence-electron chi connectivity index (χ4n) is 1.08. The number of carbonyl (C=O) groups excluding carboxylic acids is 1. The van der Waals surface area contributed by atoms with Crippen LogP contribution in [0.15, 0.2) is 0 Å². The number of nitrogens with zero attached hydrogens (tertiary/aromatic N) is 4. The zero-order chi connectivity index (χ0) is 10.7. The molecule has 70 valence electrons. The topological polar surface area (TPSA) is 106 Å². The smallest absolute Gasteiger partial charge is 0.548 e. The average Bonchev–Trinajstić information content (AvgIpc) is 2.42. The summed E-state index contributed by atoms with van der Waals surface area (Å²) in [4.78, 5) is 14.1. The van der Waals surface area contributed by atoms with Crippen LogP contribution in [0.4, 0.5) is 0 Å². The van der Waals surface area contributed by atoms with E-state index in [9.17, 15) is 9.90 Å². The van der Waals surface area contributed by atoms with Crippen molar-refractivity contribution in [2.24, 2.45) is 0 Å². The summed E-state index contributed by atoms with van der Waals surface area (Å²) in [5, 5.41) is 27.6. The number of nitriles is 2. The Balaban J connectivity index is 0.00000196. The Labute approximate surface area is 108 Å². The molecular weight excluding hydrogens is 207 g/mol. The van der Waals surface area contributed by atoms with Gasteiger partial charge in [-0.2, -0.15) is 10.5 Å². The van der Waals surface area contributed by atoms with E-state index in [0.717, 1.165) is 4.57 Å². The molecule has 0 aliphatic rings. The number of aryl methyl sites for hydroxylation is 1. The van der Waals surface area contributed by atoms with Crippen molar-refractivity contribution >= 4 is 5.97 Å². The van der Waals surface area contributed by atoms with Crippen molar-refractivity contribution in [3.05, 3.63) is 17.2 Å². The van der Waals surface area contributed by atoms with Crippen LogP contribution in [0.3, 0.4) is 0 Å². The normalized spacial score (nSPS) is 8.47. The molecule has 0 amide bonds. The summed E-state index contributed by atoms with van der Waals surface area (Å²) in [6, 6.07) is 3.44. The molecule has 6 nitrogen and oxygen atoms in total. The van der Waals surface area contributed by atoms with E-state index in [4.69, 9.17) is 10.5 Å². The van der Waals surface area contributed by atoms with Gasteiger partial charge < -0.3 is 14.5 Å². The minimum Gasteiger partial charge on any atom is -0.548 e. The maximum atomic E-state index is 10.3. The van der Waals surface area contributed by atoms with E-state index >= 15 is 0 Å². The number of carbonyl (C=O) groups is 1. The van der Waals surface area contributed by atoms with Crippen molar-refractivity contribution in [1.29, 1.82) is 10.5 Å². The quantitative estimate of drug-likeness (QED) is 0.461. The molecule has 1 rings (SSSR count). The summed E-state index contributed by atoms with van der Waals surface area (Å²) in [5.74, 6) is -1.02. The Morgan fingerprint density at radius 1 is 1.53 bits per heavy atom. The molecule has 0 spiro atoms. The first kappa shape index (κ1) is 13.7. The predicted octanol–water partition coefficient (Wildman–Crippen LogP) is -4.31. The number of imidazole rings is 1. The zero-order valence-electron chi connectivity index (χ0n) is 8.31. The van der Waals surface area contributed by atoms with Gasteiger partial charge in [0.15, 0.2) is 11.4 Å².